The van der Waals surface area contributed by atoms with Crippen molar-refractivity contribution in [2.45, 2.75) is 12.5 Å². The summed E-state index contributed by atoms with van der Waals surface area (Å²) < 4.78 is 0.872. The molecule has 0 saturated heterocycles. The van der Waals surface area contributed by atoms with Gasteiger partial charge in [0.2, 0.25) is 0 Å². The second-order valence-electron chi connectivity index (χ2n) is 2.46. The molecule has 1 atom stereocenters. The monoisotopic (exact) mass is 278 g/mol. The zero-order chi connectivity index (χ0) is 8.97. The second kappa shape index (κ2) is 4.68. The van der Waals surface area contributed by atoms with E-state index in [1.54, 1.807) is 0 Å². The van der Waals surface area contributed by atoms with Crippen molar-refractivity contribution >= 4 is 22.6 Å². The van der Waals surface area contributed by atoms with E-state index in [2.05, 4.69) is 32.8 Å². The average molecular weight is 278 g/mol. The Morgan fingerprint density at radius 3 is 2.67 bits per heavy atom. The van der Waals surface area contributed by atoms with E-state index in [-0.39, 0.29) is 6.04 Å². The van der Waals surface area contributed by atoms with E-state index in [4.69, 9.17) is 11.5 Å². The Morgan fingerprint density at radius 2 is 2.17 bits per heavy atom. The zero-order valence-corrected chi connectivity index (χ0v) is 8.73. The van der Waals surface area contributed by atoms with E-state index in [9.17, 15) is 0 Å². The minimum Gasteiger partial charge on any atom is -0.330 e. The van der Waals surface area contributed by atoms with Gasteiger partial charge in [0.15, 0.2) is 0 Å². The topological polar surface area (TPSA) is 77.8 Å². The molecule has 0 fully saturated rings. The molecule has 12 heavy (non-hydrogen) atoms. The van der Waals surface area contributed by atoms with Gasteiger partial charge in [0.25, 0.3) is 0 Å². The predicted molar refractivity (Wildman–Crippen MR) is 55.3 cm³/mol. The van der Waals surface area contributed by atoms with Crippen molar-refractivity contribution in [3.8, 4) is 0 Å². The van der Waals surface area contributed by atoms with Gasteiger partial charge in [0.05, 0.1) is 11.7 Å². The van der Waals surface area contributed by atoms with Crippen LogP contribution in [0.15, 0.2) is 12.1 Å². The molecule has 66 valence electrons. The minimum atomic E-state index is -0.0838. The van der Waals surface area contributed by atoms with E-state index in [1.807, 2.05) is 12.1 Å². The quantitative estimate of drug-likeness (QED) is 0.786. The molecule has 1 aromatic rings. The van der Waals surface area contributed by atoms with Gasteiger partial charge in [-0.05, 0) is 47.7 Å². The van der Waals surface area contributed by atoms with Crippen molar-refractivity contribution in [3.63, 3.8) is 0 Å². The van der Waals surface area contributed by atoms with Crippen molar-refractivity contribution in [1.29, 1.82) is 0 Å². The molecule has 4 N–H and O–H groups in total. The van der Waals surface area contributed by atoms with Gasteiger partial charge in [-0.25, -0.2) is 0 Å². The van der Waals surface area contributed by atoms with Crippen LogP contribution in [0, 0.1) is 3.70 Å². The molecule has 0 radical (unpaired) electrons. The van der Waals surface area contributed by atoms with Gasteiger partial charge in [-0.15, -0.1) is 5.10 Å². The first kappa shape index (κ1) is 9.82. The number of hydrogen-bond acceptors (Lipinski definition) is 4. The summed E-state index contributed by atoms with van der Waals surface area (Å²) in [6.45, 7) is 0.578. The fourth-order valence-electron chi connectivity index (χ4n) is 0.852. The molecule has 0 spiro atoms. The molecule has 4 nitrogen and oxygen atoms in total. The SMILES string of the molecule is NCCC(N)c1ccc(I)nn1. The minimum absolute atomic E-state index is 0.0838. The fourth-order valence-corrected chi connectivity index (χ4v) is 1.14. The number of nitrogens with zero attached hydrogens (tertiary/aromatic N) is 2. The highest BCUT2D eigenvalue weighted by atomic mass is 127. The first-order valence-electron chi connectivity index (χ1n) is 3.69. The van der Waals surface area contributed by atoms with E-state index < -0.39 is 0 Å². The summed E-state index contributed by atoms with van der Waals surface area (Å²) in [6.07, 6.45) is 0.745. The Hall–Kier alpha value is -0.270. The molecule has 1 rings (SSSR count). The Balaban J connectivity index is 2.68. The van der Waals surface area contributed by atoms with Crippen LogP contribution < -0.4 is 11.5 Å². The first-order chi connectivity index (χ1) is 5.74. The summed E-state index contributed by atoms with van der Waals surface area (Å²) in [5.41, 5.74) is 11.9. The first-order valence-corrected chi connectivity index (χ1v) is 4.76. The molecule has 0 aliphatic carbocycles. The van der Waals surface area contributed by atoms with Crippen molar-refractivity contribution in [2.75, 3.05) is 6.54 Å². The maximum Gasteiger partial charge on any atom is 0.124 e. The van der Waals surface area contributed by atoms with Crippen LogP contribution in [-0.4, -0.2) is 16.7 Å². The summed E-state index contributed by atoms with van der Waals surface area (Å²) in [6, 6.07) is 3.69. The molecular formula is C7H11IN4. The van der Waals surface area contributed by atoms with Gasteiger partial charge in [-0.3, -0.25) is 0 Å². The Bertz CT molecular complexity index is 236. The summed E-state index contributed by atoms with van der Waals surface area (Å²) in [5.74, 6) is 0. The lowest BCUT2D eigenvalue weighted by molar-refractivity contribution is 0.630. The van der Waals surface area contributed by atoms with Gasteiger partial charge in [-0.2, -0.15) is 5.10 Å². The molecule has 0 aliphatic rings. The van der Waals surface area contributed by atoms with Crippen molar-refractivity contribution in [1.82, 2.24) is 10.2 Å². The van der Waals surface area contributed by atoms with Crippen LogP contribution >= 0.6 is 22.6 Å². The normalized spacial score (nSPS) is 12.9. The lowest BCUT2D eigenvalue weighted by Gasteiger charge is -2.07. The van der Waals surface area contributed by atoms with E-state index >= 15 is 0 Å². The number of nitrogens with two attached hydrogens (primary N) is 2. The number of rotatable bonds is 3. The van der Waals surface area contributed by atoms with Crippen molar-refractivity contribution < 1.29 is 0 Å². The van der Waals surface area contributed by atoms with Gasteiger partial charge in [0, 0.05) is 0 Å². The lowest BCUT2D eigenvalue weighted by Crippen LogP contribution is -2.17. The van der Waals surface area contributed by atoms with Crippen LogP contribution in [0.2, 0.25) is 0 Å². The predicted octanol–water partition coefficient (Wildman–Crippen LogP) is 0.430. The van der Waals surface area contributed by atoms with Gasteiger partial charge in [0.1, 0.15) is 3.70 Å². The Morgan fingerprint density at radius 1 is 1.42 bits per heavy atom. The molecule has 0 aliphatic heterocycles. The lowest BCUT2D eigenvalue weighted by atomic mass is 10.1. The van der Waals surface area contributed by atoms with Gasteiger partial charge < -0.3 is 11.5 Å². The van der Waals surface area contributed by atoms with Crippen LogP contribution in [-0.2, 0) is 0 Å². The molecule has 0 saturated carbocycles. The van der Waals surface area contributed by atoms with Crippen LogP contribution in [0.1, 0.15) is 18.2 Å². The van der Waals surface area contributed by atoms with Crippen LogP contribution in [0.3, 0.4) is 0 Å². The molecule has 1 unspecified atom stereocenters. The molecular weight excluding hydrogens is 267 g/mol. The average Bonchev–Trinajstić information content (AvgIpc) is 2.06. The maximum atomic E-state index is 5.77. The largest absolute Gasteiger partial charge is 0.330 e. The van der Waals surface area contributed by atoms with E-state index in [0.717, 1.165) is 15.8 Å². The zero-order valence-electron chi connectivity index (χ0n) is 6.57. The maximum absolute atomic E-state index is 5.77. The number of hydrogen-bond donors (Lipinski definition) is 2. The highest BCUT2D eigenvalue weighted by molar-refractivity contribution is 14.1. The van der Waals surface area contributed by atoms with E-state index in [0.29, 0.717) is 6.54 Å². The molecule has 1 heterocycles. The van der Waals surface area contributed by atoms with Gasteiger partial charge >= 0.3 is 0 Å². The molecule has 0 amide bonds. The molecule has 0 bridgehead atoms. The highest BCUT2D eigenvalue weighted by Crippen LogP contribution is 2.09. The van der Waals surface area contributed by atoms with E-state index in [1.165, 1.54) is 0 Å². The summed E-state index contributed by atoms with van der Waals surface area (Å²) in [7, 11) is 0. The second-order valence-corrected chi connectivity index (χ2v) is 3.57. The molecule has 5 heteroatoms. The smallest absolute Gasteiger partial charge is 0.124 e. The standard InChI is InChI=1S/C7H11IN4/c8-7-2-1-6(11-12-7)5(10)3-4-9/h1-2,5H,3-4,9-10H2. The highest BCUT2D eigenvalue weighted by Gasteiger charge is 2.05. The third-order valence-corrected chi connectivity index (χ3v) is 2.09. The van der Waals surface area contributed by atoms with Gasteiger partial charge in [-0.1, -0.05) is 0 Å². The number of aromatic nitrogens is 2. The van der Waals surface area contributed by atoms with Crippen molar-refractivity contribution in [3.05, 3.63) is 21.5 Å². The van der Waals surface area contributed by atoms with Crippen LogP contribution in [0.5, 0.6) is 0 Å². The number of halogens is 1. The van der Waals surface area contributed by atoms with Crippen LogP contribution in [0.4, 0.5) is 0 Å². The van der Waals surface area contributed by atoms with Crippen LogP contribution in [0.25, 0.3) is 0 Å². The summed E-state index contributed by atoms with van der Waals surface area (Å²) >= 11 is 2.10. The van der Waals surface area contributed by atoms with Crippen molar-refractivity contribution in [2.24, 2.45) is 11.5 Å². The summed E-state index contributed by atoms with van der Waals surface area (Å²) in [5, 5.41) is 7.86. The summed E-state index contributed by atoms with van der Waals surface area (Å²) in [4.78, 5) is 0. The Kier molecular flexibility index (Phi) is 3.83. The molecule has 1 aromatic heterocycles. The fraction of sp³-hybridized carbons (Fsp3) is 0.429. The molecule has 0 aromatic carbocycles. The third-order valence-electron chi connectivity index (χ3n) is 1.51. The third kappa shape index (κ3) is 2.65. The Labute approximate surface area is 84.9 Å².